The number of aromatic nitrogens is 1. The lowest BCUT2D eigenvalue weighted by Crippen LogP contribution is -2.37. The second-order valence-electron chi connectivity index (χ2n) is 9.25. The van der Waals surface area contributed by atoms with Crippen LogP contribution in [0.1, 0.15) is 12.0 Å². The number of carbonyl (C=O) groups excluding carboxylic acids is 1. The Morgan fingerprint density at radius 3 is 2.79 bits per heavy atom. The number of nitrogens with two attached hydrogens (primary N) is 1. The highest BCUT2D eigenvalue weighted by atomic mass is 16.5. The summed E-state index contributed by atoms with van der Waals surface area (Å²) < 4.78 is 12.4. The predicted molar refractivity (Wildman–Crippen MR) is 122 cm³/mol. The van der Waals surface area contributed by atoms with Crippen LogP contribution in [0.3, 0.4) is 0 Å². The number of hydrogen-bond donors (Lipinski definition) is 2. The van der Waals surface area contributed by atoms with Crippen molar-refractivity contribution in [3.05, 3.63) is 58.6 Å². The second-order valence-corrected chi connectivity index (χ2v) is 9.25. The highest BCUT2D eigenvalue weighted by molar-refractivity contribution is 5.80. The molecule has 3 unspecified atom stereocenters. The minimum atomic E-state index is -0.609. The number of hydrogen-bond acceptors (Lipinski definition) is 6. The van der Waals surface area contributed by atoms with Crippen molar-refractivity contribution in [3.8, 4) is 17.2 Å². The number of primary amides is 1. The van der Waals surface area contributed by atoms with Crippen LogP contribution in [0.15, 0.2) is 51.7 Å². The van der Waals surface area contributed by atoms with Gasteiger partial charge in [0.25, 0.3) is 0 Å². The standard InChI is InChI=1S/C25H26N4O4/c1-29-20-9-17(6-7-21(20)33-24(29)31)16-4-2-15(3-5-16)8-18(11-26)19-10-25(19)13-28-12-22(23(27)30)32-14-25/h2-7,9,18-19,22,28H,8,10,12-14H2,1H3,(H2,27,30)/t18?,19-,22?,25?/m0/s1. The Kier molecular flexibility index (Phi) is 5.31. The minimum absolute atomic E-state index is 0.0967. The van der Waals surface area contributed by atoms with Crippen molar-refractivity contribution in [1.82, 2.24) is 9.88 Å². The molecule has 1 saturated heterocycles. The van der Waals surface area contributed by atoms with E-state index < -0.39 is 12.0 Å². The number of amides is 1. The van der Waals surface area contributed by atoms with E-state index in [2.05, 4.69) is 23.5 Å². The molecule has 1 aliphatic heterocycles. The summed E-state index contributed by atoms with van der Waals surface area (Å²) in [5, 5.41) is 13.1. The van der Waals surface area contributed by atoms with E-state index in [0.717, 1.165) is 35.2 Å². The smallest absolute Gasteiger partial charge is 0.408 e. The van der Waals surface area contributed by atoms with Crippen LogP contribution in [0, 0.1) is 28.6 Å². The molecule has 33 heavy (non-hydrogen) atoms. The molecule has 2 fully saturated rings. The zero-order chi connectivity index (χ0) is 23.2. The number of fused-ring (bicyclic) bond motifs is 1. The van der Waals surface area contributed by atoms with Gasteiger partial charge in [0, 0.05) is 25.6 Å². The van der Waals surface area contributed by atoms with Gasteiger partial charge in [0.05, 0.1) is 24.1 Å². The molecular formula is C25H26N4O4. The first-order valence-electron chi connectivity index (χ1n) is 11.1. The number of nitrogens with zero attached hydrogens (tertiary/aromatic N) is 2. The third kappa shape index (κ3) is 3.94. The van der Waals surface area contributed by atoms with Crippen LogP contribution in [0.4, 0.5) is 0 Å². The number of benzene rings is 2. The summed E-state index contributed by atoms with van der Waals surface area (Å²) in [4.78, 5) is 23.2. The van der Waals surface area contributed by atoms with Gasteiger partial charge in [-0.05, 0) is 47.6 Å². The fraction of sp³-hybridized carbons (Fsp3) is 0.400. The lowest BCUT2D eigenvalue weighted by atomic mass is 9.90. The van der Waals surface area contributed by atoms with E-state index >= 15 is 0 Å². The van der Waals surface area contributed by atoms with Crippen molar-refractivity contribution in [1.29, 1.82) is 5.26 Å². The zero-order valence-corrected chi connectivity index (χ0v) is 18.4. The van der Waals surface area contributed by atoms with E-state index in [-0.39, 0.29) is 23.0 Å². The molecule has 0 radical (unpaired) electrons. The van der Waals surface area contributed by atoms with E-state index in [1.807, 2.05) is 30.3 Å². The van der Waals surface area contributed by atoms with Crippen LogP contribution < -0.4 is 16.8 Å². The third-order valence-corrected chi connectivity index (χ3v) is 7.13. The number of ether oxygens (including phenoxy) is 1. The first kappa shape index (κ1) is 21.4. The summed E-state index contributed by atoms with van der Waals surface area (Å²) in [6, 6.07) is 16.4. The van der Waals surface area contributed by atoms with Gasteiger partial charge in [-0.3, -0.25) is 9.36 Å². The van der Waals surface area contributed by atoms with Gasteiger partial charge in [-0.2, -0.15) is 5.26 Å². The number of nitriles is 1. The number of nitrogens with one attached hydrogen (secondary N) is 1. The van der Waals surface area contributed by atoms with Crippen LogP contribution in [0.5, 0.6) is 0 Å². The fourth-order valence-electron chi connectivity index (χ4n) is 5.00. The predicted octanol–water partition coefficient (Wildman–Crippen LogP) is 1.96. The largest absolute Gasteiger partial charge is 0.419 e. The molecule has 2 aliphatic rings. The Hall–Kier alpha value is -3.41. The molecule has 4 atom stereocenters. The molecule has 0 bridgehead atoms. The molecule has 8 heteroatoms. The van der Waals surface area contributed by atoms with Crippen molar-refractivity contribution in [3.63, 3.8) is 0 Å². The molecule has 2 aromatic carbocycles. The van der Waals surface area contributed by atoms with Gasteiger partial charge < -0.3 is 20.2 Å². The molecule has 8 nitrogen and oxygen atoms in total. The summed E-state index contributed by atoms with van der Waals surface area (Å²) in [6.07, 6.45) is 0.963. The van der Waals surface area contributed by atoms with Crippen LogP contribution in [0.25, 0.3) is 22.2 Å². The van der Waals surface area contributed by atoms with Crippen molar-refractivity contribution in [2.45, 2.75) is 18.9 Å². The van der Waals surface area contributed by atoms with Gasteiger partial charge in [0.1, 0.15) is 6.10 Å². The van der Waals surface area contributed by atoms with Crippen molar-refractivity contribution >= 4 is 17.0 Å². The first-order valence-corrected chi connectivity index (χ1v) is 11.1. The van der Waals surface area contributed by atoms with Gasteiger partial charge in [0.2, 0.25) is 5.91 Å². The lowest BCUT2D eigenvalue weighted by Gasteiger charge is -2.17. The maximum absolute atomic E-state index is 11.7. The molecular weight excluding hydrogens is 420 g/mol. The molecule has 1 spiro atoms. The Morgan fingerprint density at radius 1 is 1.30 bits per heavy atom. The first-order chi connectivity index (χ1) is 15.9. The van der Waals surface area contributed by atoms with E-state index in [0.29, 0.717) is 25.2 Å². The zero-order valence-electron chi connectivity index (χ0n) is 18.4. The van der Waals surface area contributed by atoms with Crippen LogP contribution in [-0.4, -0.2) is 36.3 Å². The molecule has 2 heterocycles. The van der Waals surface area contributed by atoms with Crippen LogP contribution >= 0.6 is 0 Å². The molecule has 3 N–H and O–H groups in total. The lowest BCUT2D eigenvalue weighted by molar-refractivity contribution is -0.129. The quantitative estimate of drug-likeness (QED) is 0.618. The maximum Gasteiger partial charge on any atom is 0.419 e. The summed E-state index contributed by atoms with van der Waals surface area (Å²) in [5.74, 6) is -0.727. The van der Waals surface area contributed by atoms with Crippen LogP contribution in [-0.2, 0) is 23.0 Å². The average molecular weight is 447 g/mol. The van der Waals surface area contributed by atoms with Crippen molar-refractivity contribution in [2.75, 3.05) is 19.7 Å². The fourth-order valence-corrected chi connectivity index (χ4v) is 5.00. The summed E-state index contributed by atoms with van der Waals surface area (Å²) in [6.45, 7) is 1.60. The average Bonchev–Trinajstić information content (AvgIpc) is 3.51. The Labute approximate surface area is 190 Å². The second kappa shape index (κ2) is 8.18. The monoisotopic (exact) mass is 446 g/mol. The third-order valence-electron chi connectivity index (χ3n) is 7.13. The highest BCUT2D eigenvalue weighted by Crippen LogP contribution is 2.57. The van der Waals surface area contributed by atoms with E-state index in [4.69, 9.17) is 14.9 Å². The van der Waals surface area contributed by atoms with Gasteiger partial charge in [-0.25, -0.2) is 4.79 Å². The summed E-state index contributed by atoms with van der Waals surface area (Å²) in [5.41, 5.74) is 9.73. The molecule has 1 saturated carbocycles. The summed E-state index contributed by atoms with van der Waals surface area (Å²) >= 11 is 0. The topological polar surface area (TPSA) is 123 Å². The Bertz CT molecular complexity index is 1300. The normalized spacial score (nSPS) is 25.5. The maximum atomic E-state index is 11.7. The van der Waals surface area contributed by atoms with E-state index in [9.17, 15) is 14.9 Å². The molecule has 1 amide bonds. The Morgan fingerprint density at radius 2 is 2.06 bits per heavy atom. The molecule has 5 rings (SSSR count). The number of aryl methyl sites for hydroxylation is 1. The van der Waals surface area contributed by atoms with Gasteiger partial charge >= 0.3 is 5.76 Å². The Balaban J connectivity index is 1.28. The highest BCUT2D eigenvalue weighted by Gasteiger charge is 2.58. The minimum Gasteiger partial charge on any atom is -0.408 e. The molecule has 3 aromatic rings. The van der Waals surface area contributed by atoms with Crippen LogP contribution in [0.2, 0.25) is 0 Å². The van der Waals surface area contributed by atoms with Crippen molar-refractivity contribution < 1.29 is 13.9 Å². The molecule has 1 aliphatic carbocycles. The number of oxazole rings is 1. The number of carbonyl (C=O) groups is 1. The van der Waals surface area contributed by atoms with Gasteiger partial charge in [-0.15, -0.1) is 0 Å². The van der Waals surface area contributed by atoms with Gasteiger partial charge in [0.15, 0.2) is 5.58 Å². The molecule has 1 aromatic heterocycles. The van der Waals surface area contributed by atoms with E-state index in [1.165, 1.54) is 4.57 Å². The van der Waals surface area contributed by atoms with Crippen molar-refractivity contribution in [2.24, 2.45) is 30.0 Å². The molecule has 170 valence electrons. The summed E-state index contributed by atoms with van der Waals surface area (Å²) in [7, 11) is 1.69. The van der Waals surface area contributed by atoms with Gasteiger partial charge in [-0.1, -0.05) is 30.3 Å². The SMILES string of the molecule is Cn1c(=O)oc2ccc(-c3ccc(CC(C#N)[C@@H]4CC45CNCC(C(N)=O)OC5)cc3)cc21. The number of rotatable bonds is 5. The van der Waals surface area contributed by atoms with E-state index in [1.54, 1.807) is 7.05 Å².